The van der Waals surface area contributed by atoms with Crippen LogP contribution in [0.4, 0.5) is 0 Å². The molecule has 0 spiro atoms. The van der Waals surface area contributed by atoms with E-state index in [4.69, 9.17) is 4.74 Å². The fourth-order valence-electron chi connectivity index (χ4n) is 2.90. The van der Waals surface area contributed by atoms with Crippen LogP contribution in [0.1, 0.15) is 38.2 Å². The number of fused-ring (bicyclic) bond motifs is 1. The van der Waals surface area contributed by atoms with Crippen molar-refractivity contribution < 1.29 is 14.9 Å². The monoisotopic (exact) mass is 341 g/mol. The Labute approximate surface area is 135 Å². The maximum Gasteiger partial charge on any atom is 0.311 e. The summed E-state index contributed by atoms with van der Waals surface area (Å²) in [5.41, 5.74) is -0.181. The first-order valence-corrected chi connectivity index (χ1v) is 8.37. The van der Waals surface area contributed by atoms with Crippen LogP contribution >= 0.6 is 11.3 Å². The van der Waals surface area contributed by atoms with Crippen LogP contribution in [0.15, 0.2) is 9.59 Å². The predicted octanol–water partition coefficient (Wildman–Crippen LogP) is 0.264. The van der Waals surface area contributed by atoms with Gasteiger partial charge in [-0.05, 0) is 13.3 Å². The third-order valence-corrected chi connectivity index (χ3v) is 4.92. The van der Waals surface area contributed by atoms with E-state index in [0.29, 0.717) is 12.2 Å². The molecule has 0 bridgehead atoms. The van der Waals surface area contributed by atoms with E-state index < -0.39 is 29.4 Å². The zero-order valence-corrected chi connectivity index (χ0v) is 13.7. The van der Waals surface area contributed by atoms with E-state index in [1.54, 1.807) is 6.92 Å². The molecule has 1 saturated heterocycles. The molecule has 0 unspecified atom stereocenters. The largest absolute Gasteiger partial charge is 0.390 e. The minimum absolute atomic E-state index is 0.203. The van der Waals surface area contributed by atoms with Crippen LogP contribution in [0.25, 0.3) is 10.3 Å². The van der Waals surface area contributed by atoms with Gasteiger partial charge in [0.05, 0.1) is 12.2 Å². The quantitative estimate of drug-likeness (QED) is 0.734. The van der Waals surface area contributed by atoms with Crippen molar-refractivity contribution in [3.8, 4) is 0 Å². The summed E-state index contributed by atoms with van der Waals surface area (Å²) < 4.78 is 7.14. The molecule has 23 heavy (non-hydrogen) atoms. The molecule has 1 aliphatic heterocycles. The van der Waals surface area contributed by atoms with E-state index in [2.05, 4.69) is 9.97 Å². The van der Waals surface area contributed by atoms with Gasteiger partial charge in [-0.1, -0.05) is 24.7 Å². The van der Waals surface area contributed by atoms with Gasteiger partial charge in [0.2, 0.25) is 0 Å². The predicted molar refractivity (Wildman–Crippen MR) is 84.7 cm³/mol. The Morgan fingerprint density at radius 3 is 2.96 bits per heavy atom. The van der Waals surface area contributed by atoms with Crippen LogP contribution in [0.5, 0.6) is 0 Å². The molecule has 0 radical (unpaired) electrons. The number of hydrogen-bond acceptors (Lipinski definition) is 7. The lowest BCUT2D eigenvalue weighted by atomic mass is 10.1. The van der Waals surface area contributed by atoms with Gasteiger partial charge in [0.15, 0.2) is 11.9 Å². The highest BCUT2D eigenvalue weighted by molar-refractivity contribution is 7.16. The second kappa shape index (κ2) is 6.16. The summed E-state index contributed by atoms with van der Waals surface area (Å²) in [4.78, 5) is 30.5. The number of thiazole rings is 1. The van der Waals surface area contributed by atoms with Gasteiger partial charge in [-0.2, -0.15) is 0 Å². The summed E-state index contributed by atoms with van der Waals surface area (Å²) in [5, 5.41) is 20.3. The molecule has 2 aromatic heterocycles. The topological polar surface area (TPSA) is 117 Å². The fraction of sp³-hybridized carbons (Fsp3) is 0.643. The first kappa shape index (κ1) is 16.3. The molecule has 0 amide bonds. The summed E-state index contributed by atoms with van der Waals surface area (Å²) in [6, 6.07) is 0. The van der Waals surface area contributed by atoms with Gasteiger partial charge in [0.1, 0.15) is 16.6 Å². The van der Waals surface area contributed by atoms with Crippen molar-refractivity contribution >= 4 is 21.7 Å². The van der Waals surface area contributed by atoms with Gasteiger partial charge < -0.3 is 19.9 Å². The molecule has 0 saturated carbocycles. The number of aliphatic hydroxyl groups excluding tert-OH is 2. The number of H-pyrrole nitrogens is 1. The minimum atomic E-state index is -0.943. The molecule has 126 valence electrons. The number of rotatable bonds is 4. The molecule has 4 atom stereocenters. The summed E-state index contributed by atoms with van der Waals surface area (Å²) in [6.07, 6.45) is -1.54. The van der Waals surface area contributed by atoms with Crippen LogP contribution in [-0.2, 0) is 4.74 Å². The van der Waals surface area contributed by atoms with E-state index in [9.17, 15) is 19.8 Å². The van der Waals surface area contributed by atoms with Gasteiger partial charge in [-0.25, -0.2) is 4.98 Å². The Morgan fingerprint density at radius 2 is 2.26 bits per heavy atom. The Morgan fingerprint density at radius 1 is 1.52 bits per heavy atom. The third-order valence-electron chi connectivity index (χ3n) is 3.98. The van der Waals surface area contributed by atoms with Crippen molar-refractivity contribution in [2.24, 2.45) is 0 Å². The Bertz CT molecular complexity index is 826. The highest BCUT2D eigenvalue weighted by Crippen LogP contribution is 2.32. The second-order valence-corrected chi connectivity index (χ2v) is 6.73. The van der Waals surface area contributed by atoms with Crippen molar-refractivity contribution in [3.05, 3.63) is 25.8 Å². The third kappa shape index (κ3) is 2.85. The molecule has 8 nitrogen and oxygen atoms in total. The summed E-state index contributed by atoms with van der Waals surface area (Å²) >= 11 is 0.770. The zero-order chi connectivity index (χ0) is 16.7. The lowest BCUT2D eigenvalue weighted by Gasteiger charge is -2.19. The van der Waals surface area contributed by atoms with Gasteiger partial charge in [0, 0.05) is 6.42 Å². The average Bonchev–Trinajstić information content (AvgIpc) is 2.99. The molecule has 9 heteroatoms. The number of aromatic amines is 1. The minimum Gasteiger partial charge on any atom is -0.390 e. The molecule has 0 aromatic carbocycles. The molecular formula is C14H19N3O5S. The van der Waals surface area contributed by atoms with Crippen molar-refractivity contribution in [2.45, 2.75) is 57.6 Å². The molecule has 3 heterocycles. The maximum absolute atomic E-state index is 12.3. The van der Waals surface area contributed by atoms with E-state index in [1.165, 1.54) is 4.57 Å². The molecule has 3 N–H and O–H groups in total. The van der Waals surface area contributed by atoms with E-state index in [0.717, 1.165) is 17.8 Å². The first-order valence-electron chi connectivity index (χ1n) is 7.56. The lowest BCUT2D eigenvalue weighted by Crippen LogP contribution is -2.28. The van der Waals surface area contributed by atoms with Crippen LogP contribution in [0, 0.1) is 6.92 Å². The van der Waals surface area contributed by atoms with Crippen LogP contribution in [0.3, 0.4) is 0 Å². The molecule has 1 fully saturated rings. The molecule has 0 aliphatic carbocycles. The maximum atomic E-state index is 12.3. The number of aliphatic hydroxyl groups is 2. The zero-order valence-electron chi connectivity index (χ0n) is 12.9. The molecule has 2 aromatic rings. The van der Waals surface area contributed by atoms with Crippen LogP contribution < -0.4 is 10.4 Å². The van der Waals surface area contributed by atoms with E-state index in [-0.39, 0.29) is 22.3 Å². The van der Waals surface area contributed by atoms with Crippen molar-refractivity contribution in [2.75, 3.05) is 0 Å². The fourth-order valence-corrected chi connectivity index (χ4v) is 3.75. The van der Waals surface area contributed by atoms with Crippen LogP contribution in [0.2, 0.25) is 0 Å². The number of ether oxygens (including phenoxy) is 1. The summed E-state index contributed by atoms with van der Waals surface area (Å²) in [5.74, 6) is 0.379. The summed E-state index contributed by atoms with van der Waals surface area (Å²) in [6.45, 7) is 3.56. The number of nitrogens with one attached hydrogen (secondary N) is 1. The number of aryl methyl sites for hydroxylation is 1. The number of aromatic nitrogens is 3. The van der Waals surface area contributed by atoms with Gasteiger partial charge in [-0.15, -0.1) is 0 Å². The van der Waals surface area contributed by atoms with Crippen LogP contribution in [-0.4, -0.2) is 43.1 Å². The number of hydrogen-bond donors (Lipinski definition) is 3. The smallest absolute Gasteiger partial charge is 0.311 e. The van der Waals surface area contributed by atoms with Gasteiger partial charge >= 0.3 is 4.87 Å². The van der Waals surface area contributed by atoms with Gasteiger partial charge in [0.25, 0.3) is 5.56 Å². The Balaban J connectivity index is 2.02. The average molecular weight is 341 g/mol. The second-order valence-electron chi connectivity index (χ2n) is 5.77. The Kier molecular flexibility index (Phi) is 4.37. The summed E-state index contributed by atoms with van der Waals surface area (Å²) in [7, 11) is 0. The highest BCUT2D eigenvalue weighted by atomic mass is 32.1. The SMILES string of the molecule is CCC[C@@H](O)[C@@H]1C[C@@H](O)[C@H](n2c(=O)sc3c(=O)[nH]c(C)nc32)O1. The first-order chi connectivity index (χ1) is 10.9. The molecule has 1 aliphatic rings. The van der Waals surface area contributed by atoms with E-state index in [1.807, 2.05) is 6.92 Å². The standard InChI is InChI=1S/C14H19N3O5S/c1-3-4-7(18)9-5-8(19)13(22-9)17-11-10(23-14(17)21)12(20)16-6(2)15-11/h7-9,13,18-19H,3-5H2,1-2H3,(H,15,16,20)/t7-,8-,9+,13-/m1/s1. The van der Waals surface area contributed by atoms with Gasteiger partial charge in [-0.3, -0.25) is 14.2 Å². The van der Waals surface area contributed by atoms with Crippen molar-refractivity contribution in [1.82, 2.24) is 14.5 Å². The lowest BCUT2D eigenvalue weighted by molar-refractivity contribution is -0.0763. The Hall–Kier alpha value is -1.55. The normalized spacial score (nSPS) is 26.0. The van der Waals surface area contributed by atoms with Crippen molar-refractivity contribution in [1.29, 1.82) is 0 Å². The van der Waals surface area contributed by atoms with E-state index >= 15 is 0 Å². The highest BCUT2D eigenvalue weighted by Gasteiger charge is 2.40. The molecular weight excluding hydrogens is 322 g/mol. The van der Waals surface area contributed by atoms with Crippen molar-refractivity contribution in [3.63, 3.8) is 0 Å². The molecule has 3 rings (SSSR count). The number of nitrogens with zero attached hydrogens (tertiary/aromatic N) is 2.